The largest absolute Gasteiger partial charge is 0.337 e. The molecule has 0 bridgehead atoms. The minimum Gasteiger partial charge on any atom is -0.337 e. The van der Waals surface area contributed by atoms with Crippen LogP contribution in [0.25, 0.3) is 5.69 Å². The van der Waals surface area contributed by atoms with Gasteiger partial charge < -0.3 is 4.90 Å². The molecule has 0 unspecified atom stereocenters. The molecule has 4 nitrogen and oxygen atoms in total. The number of rotatable bonds is 4. The van der Waals surface area contributed by atoms with E-state index in [2.05, 4.69) is 5.10 Å². The number of halogens is 1. The number of nitrogens with zero attached hydrogens (tertiary/aromatic N) is 3. The Morgan fingerprint density at radius 3 is 2.52 bits per heavy atom. The number of amides is 1. The molecule has 3 rings (SSSR count). The summed E-state index contributed by atoms with van der Waals surface area (Å²) in [7, 11) is 1.79. The maximum absolute atomic E-state index is 13.0. The van der Waals surface area contributed by atoms with Gasteiger partial charge in [-0.25, -0.2) is 4.68 Å². The van der Waals surface area contributed by atoms with Gasteiger partial charge in [0.25, 0.3) is 5.91 Å². The summed E-state index contributed by atoms with van der Waals surface area (Å²) < 4.78 is 1.82. The SMILES string of the molecule is Cc1nn(-c2ccccc2)c(C)c1C(=O)N(C)Cc1cccc(Cl)c1. The third-order valence-corrected chi connectivity index (χ3v) is 4.40. The van der Waals surface area contributed by atoms with Crippen molar-refractivity contribution in [3.8, 4) is 5.69 Å². The van der Waals surface area contributed by atoms with Crippen molar-refractivity contribution < 1.29 is 4.79 Å². The van der Waals surface area contributed by atoms with Crippen LogP contribution in [0.4, 0.5) is 0 Å². The molecule has 128 valence electrons. The number of benzene rings is 2. The molecule has 0 saturated heterocycles. The first-order valence-electron chi connectivity index (χ1n) is 8.09. The van der Waals surface area contributed by atoms with Crippen LogP contribution >= 0.6 is 11.6 Å². The molecule has 0 N–H and O–H groups in total. The molecule has 0 aliphatic carbocycles. The number of hydrogen-bond donors (Lipinski definition) is 0. The molecule has 0 spiro atoms. The number of carbonyl (C=O) groups is 1. The highest BCUT2D eigenvalue weighted by atomic mass is 35.5. The lowest BCUT2D eigenvalue weighted by molar-refractivity contribution is 0.0783. The van der Waals surface area contributed by atoms with Crippen LogP contribution in [0.15, 0.2) is 54.6 Å². The van der Waals surface area contributed by atoms with Gasteiger partial charge >= 0.3 is 0 Å². The van der Waals surface area contributed by atoms with Crippen molar-refractivity contribution in [1.29, 1.82) is 0 Å². The van der Waals surface area contributed by atoms with Crippen LogP contribution in [-0.2, 0) is 6.54 Å². The highest BCUT2D eigenvalue weighted by Crippen LogP contribution is 2.20. The van der Waals surface area contributed by atoms with Crippen LogP contribution in [0.1, 0.15) is 27.3 Å². The van der Waals surface area contributed by atoms with E-state index in [4.69, 9.17) is 11.6 Å². The Kier molecular flexibility index (Phi) is 4.91. The summed E-state index contributed by atoms with van der Waals surface area (Å²) in [6, 6.07) is 17.4. The lowest BCUT2D eigenvalue weighted by atomic mass is 10.1. The second-order valence-corrected chi connectivity index (χ2v) is 6.52. The van der Waals surface area contributed by atoms with Crippen LogP contribution in [0, 0.1) is 13.8 Å². The summed E-state index contributed by atoms with van der Waals surface area (Å²) in [5, 5.41) is 5.22. The third-order valence-electron chi connectivity index (χ3n) is 4.16. The van der Waals surface area contributed by atoms with Crippen LogP contribution in [0.5, 0.6) is 0 Å². The van der Waals surface area contributed by atoms with E-state index in [1.54, 1.807) is 11.9 Å². The first kappa shape index (κ1) is 17.2. The van der Waals surface area contributed by atoms with Crippen molar-refractivity contribution >= 4 is 17.5 Å². The molecular weight excluding hydrogens is 334 g/mol. The monoisotopic (exact) mass is 353 g/mol. The molecule has 0 fully saturated rings. The quantitative estimate of drug-likeness (QED) is 0.696. The molecular formula is C20H20ClN3O. The zero-order valence-electron chi connectivity index (χ0n) is 14.5. The number of para-hydroxylation sites is 1. The molecule has 3 aromatic rings. The topological polar surface area (TPSA) is 38.1 Å². The minimum atomic E-state index is -0.0443. The van der Waals surface area contributed by atoms with Crippen LogP contribution < -0.4 is 0 Å². The Bertz CT molecular complexity index is 903. The van der Waals surface area contributed by atoms with Crippen LogP contribution in [0.2, 0.25) is 5.02 Å². The highest BCUT2D eigenvalue weighted by molar-refractivity contribution is 6.30. The lowest BCUT2D eigenvalue weighted by Crippen LogP contribution is -2.27. The predicted molar refractivity (Wildman–Crippen MR) is 100 cm³/mol. The fourth-order valence-corrected chi connectivity index (χ4v) is 3.16. The van der Waals surface area contributed by atoms with Crippen molar-refractivity contribution in [3.63, 3.8) is 0 Å². The second kappa shape index (κ2) is 7.11. The number of carbonyl (C=O) groups excluding carboxylic acids is 1. The Labute approximate surface area is 152 Å². The van der Waals surface area contributed by atoms with E-state index in [0.717, 1.165) is 22.6 Å². The zero-order chi connectivity index (χ0) is 18.0. The van der Waals surface area contributed by atoms with Crippen molar-refractivity contribution in [3.05, 3.63) is 82.1 Å². The summed E-state index contributed by atoms with van der Waals surface area (Å²) in [6.45, 7) is 4.29. The molecule has 1 heterocycles. The van der Waals surface area contributed by atoms with Gasteiger partial charge in [0.2, 0.25) is 0 Å². The molecule has 2 aromatic carbocycles. The number of hydrogen-bond acceptors (Lipinski definition) is 2. The van der Waals surface area contributed by atoms with Crippen molar-refractivity contribution in [2.75, 3.05) is 7.05 Å². The Hall–Kier alpha value is -2.59. The van der Waals surface area contributed by atoms with Crippen LogP contribution in [0.3, 0.4) is 0 Å². The van der Waals surface area contributed by atoms with Gasteiger partial charge in [-0.2, -0.15) is 5.10 Å². The fraction of sp³-hybridized carbons (Fsp3) is 0.200. The van der Waals surface area contributed by atoms with Gasteiger partial charge in [0, 0.05) is 18.6 Å². The summed E-state index contributed by atoms with van der Waals surface area (Å²) >= 11 is 6.03. The molecule has 5 heteroatoms. The van der Waals surface area contributed by atoms with Crippen molar-refractivity contribution in [2.45, 2.75) is 20.4 Å². The normalized spacial score (nSPS) is 10.7. The van der Waals surface area contributed by atoms with E-state index in [1.807, 2.05) is 73.1 Å². The average molecular weight is 354 g/mol. The number of aromatic nitrogens is 2. The van der Waals surface area contributed by atoms with E-state index in [1.165, 1.54) is 0 Å². The second-order valence-electron chi connectivity index (χ2n) is 6.08. The Morgan fingerprint density at radius 1 is 1.12 bits per heavy atom. The molecule has 1 amide bonds. The molecule has 0 aliphatic heterocycles. The molecule has 0 aliphatic rings. The van der Waals surface area contributed by atoms with Gasteiger partial charge in [0.05, 0.1) is 22.6 Å². The first-order valence-corrected chi connectivity index (χ1v) is 8.46. The van der Waals surface area contributed by atoms with E-state index < -0.39 is 0 Å². The highest BCUT2D eigenvalue weighted by Gasteiger charge is 2.22. The first-order chi connectivity index (χ1) is 12.0. The van der Waals surface area contributed by atoms with Gasteiger partial charge in [0.1, 0.15) is 0 Å². The average Bonchev–Trinajstić information content (AvgIpc) is 2.89. The van der Waals surface area contributed by atoms with E-state index in [9.17, 15) is 4.79 Å². The molecule has 0 saturated carbocycles. The maximum atomic E-state index is 13.0. The van der Waals surface area contributed by atoms with E-state index >= 15 is 0 Å². The van der Waals surface area contributed by atoms with Gasteiger partial charge in [-0.15, -0.1) is 0 Å². The summed E-state index contributed by atoms with van der Waals surface area (Å²) in [5.74, 6) is -0.0443. The zero-order valence-corrected chi connectivity index (χ0v) is 15.3. The fourth-order valence-electron chi connectivity index (χ4n) is 2.94. The summed E-state index contributed by atoms with van der Waals surface area (Å²) in [5.41, 5.74) is 4.15. The summed E-state index contributed by atoms with van der Waals surface area (Å²) in [6.07, 6.45) is 0. The molecule has 0 radical (unpaired) electrons. The lowest BCUT2D eigenvalue weighted by Gasteiger charge is -2.18. The Balaban J connectivity index is 1.88. The van der Waals surface area contributed by atoms with Crippen molar-refractivity contribution in [2.24, 2.45) is 0 Å². The van der Waals surface area contributed by atoms with E-state index in [0.29, 0.717) is 17.1 Å². The number of aryl methyl sites for hydroxylation is 1. The predicted octanol–water partition coefficient (Wildman–Crippen LogP) is 4.41. The third kappa shape index (κ3) is 3.59. The van der Waals surface area contributed by atoms with Crippen molar-refractivity contribution in [1.82, 2.24) is 14.7 Å². The smallest absolute Gasteiger partial charge is 0.257 e. The summed E-state index contributed by atoms with van der Waals surface area (Å²) in [4.78, 5) is 14.7. The molecule has 1 aromatic heterocycles. The Morgan fingerprint density at radius 2 is 1.84 bits per heavy atom. The van der Waals surface area contributed by atoms with Gasteiger partial charge in [-0.3, -0.25) is 4.79 Å². The maximum Gasteiger partial charge on any atom is 0.257 e. The van der Waals surface area contributed by atoms with Gasteiger partial charge in [-0.05, 0) is 43.7 Å². The van der Waals surface area contributed by atoms with Gasteiger partial charge in [-0.1, -0.05) is 41.9 Å². The standard InChI is InChI=1S/C20H20ClN3O/c1-14-19(15(2)24(22-14)18-10-5-4-6-11-18)20(25)23(3)13-16-8-7-9-17(21)12-16/h4-12H,13H2,1-3H3. The van der Waals surface area contributed by atoms with E-state index in [-0.39, 0.29) is 5.91 Å². The van der Waals surface area contributed by atoms with Crippen LogP contribution in [-0.4, -0.2) is 27.6 Å². The molecule has 0 atom stereocenters. The minimum absolute atomic E-state index is 0.0443. The molecule has 25 heavy (non-hydrogen) atoms. The van der Waals surface area contributed by atoms with Gasteiger partial charge in [0.15, 0.2) is 0 Å².